The molecule has 0 unspecified atom stereocenters. The van der Waals surface area contributed by atoms with Crippen molar-refractivity contribution in [3.05, 3.63) is 0 Å². The standard InChI is InChI=1S/4H3O4P.H2O.Ti/c4*1-5(2,3)4;;/h4*(H3,1,2,3,4);1H2;/q;;;;;+4/p-4. The molecule has 22 heteroatoms. The van der Waals surface area contributed by atoms with Crippen molar-refractivity contribution in [2.75, 3.05) is 0 Å². The monoisotopic (exact) mass is 454 g/mol. The van der Waals surface area contributed by atoms with E-state index in [9.17, 15) is 0 Å². The van der Waals surface area contributed by atoms with E-state index in [0.29, 0.717) is 0 Å². The van der Waals surface area contributed by atoms with E-state index in [2.05, 4.69) is 0 Å². The van der Waals surface area contributed by atoms with Crippen molar-refractivity contribution in [2.24, 2.45) is 0 Å². The van der Waals surface area contributed by atoms with Gasteiger partial charge >= 0.3 is 21.7 Å². The second kappa shape index (κ2) is 15.6. The van der Waals surface area contributed by atoms with Crippen LogP contribution in [0.15, 0.2) is 0 Å². The summed E-state index contributed by atoms with van der Waals surface area (Å²) in [5, 5.41) is 0. The van der Waals surface area contributed by atoms with E-state index in [-0.39, 0.29) is 27.2 Å². The summed E-state index contributed by atoms with van der Waals surface area (Å²) in [6.07, 6.45) is 0. The van der Waals surface area contributed by atoms with Gasteiger partial charge in [-0.3, -0.25) is 18.3 Å². The van der Waals surface area contributed by atoms with Crippen LogP contribution in [0.4, 0.5) is 0 Å². The Morgan fingerprint density at radius 3 is 0.455 bits per heavy atom. The fourth-order valence-electron chi connectivity index (χ4n) is 0. The summed E-state index contributed by atoms with van der Waals surface area (Å²) in [6.45, 7) is 0. The first-order chi connectivity index (χ1) is 8.00. The third-order valence-corrected chi connectivity index (χ3v) is 0. The van der Waals surface area contributed by atoms with E-state index in [4.69, 9.17) is 77.0 Å². The van der Waals surface area contributed by atoms with Crippen LogP contribution in [-0.4, -0.2) is 44.6 Å². The normalized spacial score (nSPS) is 10.7. The molecule has 0 bridgehead atoms. The van der Waals surface area contributed by atoms with Gasteiger partial charge in [0.15, 0.2) is 0 Å². The third kappa shape index (κ3) is 6880. The molecule has 0 atom stereocenters. The van der Waals surface area contributed by atoms with Gasteiger partial charge in [0, 0.05) is 0 Å². The molecule has 22 heavy (non-hydrogen) atoms. The number of hydrogen-bond acceptors (Lipinski definition) is 8. The zero-order valence-corrected chi connectivity index (χ0v) is 14.8. The van der Waals surface area contributed by atoms with Crippen LogP contribution >= 0.6 is 31.3 Å². The van der Waals surface area contributed by atoms with Gasteiger partial charge in [0.1, 0.15) is 0 Å². The largest absolute Gasteiger partial charge is 4.00 e. The maximum Gasteiger partial charge on any atom is 4.00 e. The SMILES string of the molecule is O.O=P([O-])(O)O.O=P([O-])(O)O.O=P([O-])(O)O.O=P([O-])(O)O.[Ti+4]. The molecule has 0 saturated heterocycles. The molecular weight excluding hydrogens is 444 g/mol. The topological polar surface area (TPSA) is 354 Å². The van der Waals surface area contributed by atoms with Gasteiger partial charge in [-0.25, -0.2) is 0 Å². The van der Waals surface area contributed by atoms with E-state index >= 15 is 0 Å². The predicted octanol–water partition coefficient (Wildman–Crippen LogP) is -7.07. The van der Waals surface area contributed by atoms with Crippen LogP contribution in [-0.2, 0) is 40.0 Å². The summed E-state index contributed by atoms with van der Waals surface area (Å²) in [4.78, 5) is 91.7. The maximum absolute atomic E-state index is 8.77. The van der Waals surface area contributed by atoms with Crippen molar-refractivity contribution in [3.8, 4) is 0 Å². The van der Waals surface area contributed by atoms with Crippen molar-refractivity contribution >= 4 is 31.3 Å². The fraction of sp³-hybridized carbons (Fsp3) is 0. The molecule has 0 aromatic carbocycles. The average Bonchev–Trinajstić information content (AvgIpc) is 1.62. The molecule has 0 aliphatic rings. The summed E-state index contributed by atoms with van der Waals surface area (Å²) >= 11 is 0. The van der Waals surface area contributed by atoms with Crippen LogP contribution in [0.25, 0.3) is 0 Å². The molecule has 0 aliphatic heterocycles. The van der Waals surface area contributed by atoms with Crippen molar-refractivity contribution in [1.29, 1.82) is 0 Å². The van der Waals surface area contributed by atoms with Crippen LogP contribution < -0.4 is 19.6 Å². The molecule has 0 fully saturated rings. The molecular formula is H10O17P4Ti. The molecule has 0 aromatic rings. The summed E-state index contributed by atoms with van der Waals surface area (Å²) in [6, 6.07) is 0. The van der Waals surface area contributed by atoms with Gasteiger partial charge in [-0.2, -0.15) is 0 Å². The minimum atomic E-state index is -4.89. The van der Waals surface area contributed by atoms with Crippen molar-refractivity contribution in [3.63, 3.8) is 0 Å². The molecule has 0 saturated carbocycles. The molecule has 0 radical (unpaired) electrons. The predicted molar refractivity (Wildman–Crippen MR) is 51.8 cm³/mol. The van der Waals surface area contributed by atoms with Crippen molar-refractivity contribution in [2.45, 2.75) is 0 Å². The van der Waals surface area contributed by atoms with Crippen LogP contribution in [0, 0.1) is 0 Å². The van der Waals surface area contributed by atoms with Crippen LogP contribution in [0.1, 0.15) is 0 Å². The first-order valence-corrected chi connectivity index (χ1v) is 9.18. The Hall–Kier alpha value is 1.11. The Morgan fingerprint density at radius 2 is 0.455 bits per heavy atom. The van der Waals surface area contributed by atoms with E-state index < -0.39 is 31.3 Å². The van der Waals surface area contributed by atoms with E-state index in [1.807, 2.05) is 0 Å². The zero-order chi connectivity index (χ0) is 18.0. The summed E-state index contributed by atoms with van der Waals surface area (Å²) in [5.41, 5.74) is 0. The van der Waals surface area contributed by atoms with Gasteiger partial charge in [0.25, 0.3) is 31.3 Å². The summed E-state index contributed by atoms with van der Waals surface area (Å²) in [5.74, 6) is 0. The van der Waals surface area contributed by atoms with E-state index in [0.717, 1.165) is 0 Å². The van der Waals surface area contributed by atoms with Crippen LogP contribution in [0.2, 0.25) is 0 Å². The fourth-order valence-corrected chi connectivity index (χ4v) is 0. The Balaban J connectivity index is -0.0000000376. The van der Waals surface area contributed by atoms with Crippen LogP contribution in [0.3, 0.4) is 0 Å². The van der Waals surface area contributed by atoms with Gasteiger partial charge in [-0.1, -0.05) is 0 Å². The molecule has 0 amide bonds. The van der Waals surface area contributed by atoms with E-state index in [1.165, 1.54) is 0 Å². The number of phosphoric acid groups is 4. The number of rotatable bonds is 0. The molecule has 0 heterocycles. The third-order valence-electron chi connectivity index (χ3n) is 0. The molecule has 136 valence electrons. The van der Waals surface area contributed by atoms with Gasteiger partial charge in [0.2, 0.25) is 0 Å². The molecule has 0 aliphatic carbocycles. The second-order valence-electron chi connectivity index (χ2n) is 1.96. The minimum Gasteiger partial charge on any atom is -0.756 e. The second-order valence-corrected chi connectivity index (χ2v) is 5.89. The Labute approximate surface area is 136 Å². The van der Waals surface area contributed by atoms with Crippen molar-refractivity contribution < 1.29 is 104 Å². The van der Waals surface area contributed by atoms with Gasteiger partial charge < -0.3 is 64.2 Å². The molecule has 0 spiro atoms. The maximum atomic E-state index is 8.77. The number of hydrogen-bond donors (Lipinski definition) is 8. The Bertz CT molecular complexity index is 285. The Kier molecular flexibility index (Phi) is 27.4. The first-order valence-electron chi connectivity index (χ1n) is 3.06. The first kappa shape index (κ1) is 38.6. The zero-order valence-electron chi connectivity index (χ0n) is 9.63. The molecule has 0 aromatic heterocycles. The van der Waals surface area contributed by atoms with E-state index in [1.54, 1.807) is 0 Å². The average molecular weight is 454 g/mol. The van der Waals surface area contributed by atoms with Crippen molar-refractivity contribution in [1.82, 2.24) is 0 Å². The molecule has 0 rings (SSSR count). The minimum absolute atomic E-state index is 0. The molecule has 17 nitrogen and oxygen atoms in total. The molecule has 10 N–H and O–H groups in total. The summed E-state index contributed by atoms with van der Waals surface area (Å²) in [7, 11) is -19.6. The summed E-state index contributed by atoms with van der Waals surface area (Å²) < 4.78 is 35.1. The van der Waals surface area contributed by atoms with Gasteiger partial charge in [-0.15, -0.1) is 0 Å². The quantitative estimate of drug-likeness (QED) is 0.124. The van der Waals surface area contributed by atoms with Crippen LogP contribution in [0.5, 0.6) is 0 Å². The Morgan fingerprint density at radius 1 is 0.455 bits per heavy atom. The smallest absolute Gasteiger partial charge is 0.756 e. The van der Waals surface area contributed by atoms with Gasteiger partial charge in [-0.05, 0) is 0 Å². The van der Waals surface area contributed by atoms with Gasteiger partial charge in [0.05, 0.1) is 0 Å².